The van der Waals surface area contributed by atoms with Gasteiger partial charge in [0.15, 0.2) is 11.5 Å². The van der Waals surface area contributed by atoms with Gasteiger partial charge in [-0.15, -0.1) is 0 Å². The summed E-state index contributed by atoms with van der Waals surface area (Å²) in [5, 5.41) is 22.3. The summed E-state index contributed by atoms with van der Waals surface area (Å²) in [6, 6.07) is 11.2. The molecule has 2 aromatic carbocycles. The van der Waals surface area contributed by atoms with Crippen molar-refractivity contribution in [3.05, 3.63) is 53.8 Å². The van der Waals surface area contributed by atoms with Crippen molar-refractivity contribution in [2.75, 3.05) is 19.7 Å². The van der Waals surface area contributed by atoms with Crippen molar-refractivity contribution in [2.24, 2.45) is 5.92 Å². The fourth-order valence-electron chi connectivity index (χ4n) is 3.16. The standard InChI is InChI=1S/C19H22FNO3/c20-16-3-1-14(2-4-16)15-7-8-21-11-13(9-15)12-24-17-5-6-18(22)19(23)10-17/h1-6,10,13,15,21-23H,7-9,11-12H2. The van der Waals surface area contributed by atoms with Crippen molar-refractivity contribution < 1.29 is 19.3 Å². The molecule has 128 valence electrons. The Balaban J connectivity index is 1.62. The van der Waals surface area contributed by atoms with E-state index in [1.165, 1.54) is 24.3 Å². The summed E-state index contributed by atoms with van der Waals surface area (Å²) in [6.45, 7) is 2.31. The fourth-order valence-corrected chi connectivity index (χ4v) is 3.16. The lowest BCUT2D eigenvalue weighted by molar-refractivity contribution is 0.235. The van der Waals surface area contributed by atoms with Gasteiger partial charge in [0.1, 0.15) is 11.6 Å². The van der Waals surface area contributed by atoms with Gasteiger partial charge in [-0.1, -0.05) is 12.1 Å². The van der Waals surface area contributed by atoms with Crippen LogP contribution in [0.15, 0.2) is 42.5 Å². The molecular formula is C19H22FNO3. The molecule has 1 fully saturated rings. The summed E-state index contributed by atoms with van der Waals surface area (Å²) in [6.07, 6.45) is 1.98. The van der Waals surface area contributed by atoms with E-state index in [4.69, 9.17) is 4.74 Å². The van der Waals surface area contributed by atoms with Crippen molar-refractivity contribution in [3.63, 3.8) is 0 Å². The molecule has 2 aromatic rings. The largest absolute Gasteiger partial charge is 0.504 e. The SMILES string of the molecule is Oc1ccc(OCC2CNCCC(c3ccc(F)cc3)C2)cc1O. The quantitative estimate of drug-likeness (QED) is 0.752. The van der Waals surface area contributed by atoms with Crippen LogP contribution in [0.25, 0.3) is 0 Å². The van der Waals surface area contributed by atoms with E-state index in [-0.39, 0.29) is 17.3 Å². The van der Waals surface area contributed by atoms with Crippen LogP contribution in [0.1, 0.15) is 24.3 Å². The van der Waals surface area contributed by atoms with Gasteiger partial charge in [-0.05, 0) is 55.1 Å². The van der Waals surface area contributed by atoms with E-state index in [9.17, 15) is 14.6 Å². The van der Waals surface area contributed by atoms with Gasteiger partial charge in [0.2, 0.25) is 0 Å². The van der Waals surface area contributed by atoms with Crippen LogP contribution in [0.5, 0.6) is 17.2 Å². The molecule has 0 amide bonds. The van der Waals surface area contributed by atoms with Crippen LogP contribution in [0, 0.1) is 11.7 Å². The maximum absolute atomic E-state index is 13.1. The summed E-state index contributed by atoms with van der Waals surface area (Å²) in [7, 11) is 0. The molecule has 4 nitrogen and oxygen atoms in total. The molecule has 1 aliphatic rings. The fraction of sp³-hybridized carbons (Fsp3) is 0.368. The normalized spacial score (nSPS) is 21.2. The van der Waals surface area contributed by atoms with Crippen LogP contribution in [0.2, 0.25) is 0 Å². The average Bonchev–Trinajstić information content (AvgIpc) is 2.82. The minimum atomic E-state index is -0.211. The highest BCUT2D eigenvalue weighted by Gasteiger charge is 2.22. The van der Waals surface area contributed by atoms with E-state index >= 15 is 0 Å². The molecule has 2 atom stereocenters. The third-order valence-corrected chi connectivity index (χ3v) is 4.49. The smallest absolute Gasteiger partial charge is 0.161 e. The summed E-state index contributed by atoms with van der Waals surface area (Å²) >= 11 is 0. The van der Waals surface area contributed by atoms with Crippen molar-refractivity contribution in [1.82, 2.24) is 5.32 Å². The first-order valence-electron chi connectivity index (χ1n) is 8.23. The van der Waals surface area contributed by atoms with Crippen molar-refractivity contribution in [1.29, 1.82) is 0 Å². The number of phenols is 2. The van der Waals surface area contributed by atoms with Gasteiger partial charge >= 0.3 is 0 Å². The number of phenolic OH excluding ortho intramolecular Hbond substituents is 2. The van der Waals surface area contributed by atoms with E-state index in [2.05, 4.69) is 5.32 Å². The highest BCUT2D eigenvalue weighted by Crippen LogP contribution is 2.31. The molecule has 5 heteroatoms. The number of halogens is 1. The molecular weight excluding hydrogens is 309 g/mol. The number of aromatic hydroxyl groups is 2. The highest BCUT2D eigenvalue weighted by atomic mass is 19.1. The maximum Gasteiger partial charge on any atom is 0.161 e. The van der Waals surface area contributed by atoms with Crippen LogP contribution in [-0.4, -0.2) is 29.9 Å². The monoisotopic (exact) mass is 331 g/mol. The molecule has 0 aliphatic carbocycles. The van der Waals surface area contributed by atoms with E-state index in [1.807, 2.05) is 12.1 Å². The first-order valence-corrected chi connectivity index (χ1v) is 8.23. The predicted octanol–water partition coefficient (Wildman–Crippen LogP) is 3.40. The second-order valence-corrected chi connectivity index (χ2v) is 6.30. The summed E-state index contributed by atoms with van der Waals surface area (Å²) in [5.74, 6) is 0.678. The summed E-state index contributed by atoms with van der Waals surface area (Å²) < 4.78 is 18.9. The van der Waals surface area contributed by atoms with Gasteiger partial charge in [0.05, 0.1) is 6.61 Å². The minimum absolute atomic E-state index is 0.158. The molecule has 1 saturated heterocycles. The molecule has 0 aromatic heterocycles. The number of hydrogen-bond donors (Lipinski definition) is 3. The lowest BCUT2D eigenvalue weighted by Gasteiger charge is -2.20. The van der Waals surface area contributed by atoms with Crippen LogP contribution in [0.3, 0.4) is 0 Å². The van der Waals surface area contributed by atoms with E-state index < -0.39 is 0 Å². The zero-order valence-electron chi connectivity index (χ0n) is 13.4. The van der Waals surface area contributed by atoms with Gasteiger partial charge in [0, 0.05) is 18.5 Å². The lowest BCUT2D eigenvalue weighted by atomic mass is 9.88. The average molecular weight is 331 g/mol. The lowest BCUT2D eigenvalue weighted by Crippen LogP contribution is -2.25. The molecule has 0 radical (unpaired) electrons. The Labute approximate surface area is 140 Å². The van der Waals surface area contributed by atoms with Crippen molar-refractivity contribution in [2.45, 2.75) is 18.8 Å². The zero-order chi connectivity index (χ0) is 16.9. The van der Waals surface area contributed by atoms with Crippen LogP contribution in [0.4, 0.5) is 4.39 Å². The summed E-state index contributed by atoms with van der Waals surface area (Å²) in [4.78, 5) is 0. The van der Waals surface area contributed by atoms with Crippen LogP contribution >= 0.6 is 0 Å². The Kier molecular flexibility index (Phi) is 5.20. The van der Waals surface area contributed by atoms with Gasteiger partial charge < -0.3 is 20.3 Å². The molecule has 3 rings (SSSR count). The molecule has 2 unspecified atom stereocenters. The Hall–Kier alpha value is -2.27. The molecule has 1 aliphatic heterocycles. The van der Waals surface area contributed by atoms with Crippen molar-refractivity contribution >= 4 is 0 Å². The molecule has 0 spiro atoms. The van der Waals surface area contributed by atoms with Crippen LogP contribution in [-0.2, 0) is 0 Å². The van der Waals surface area contributed by atoms with Gasteiger partial charge in [-0.2, -0.15) is 0 Å². The van der Waals surface area contributed by atoms with Crippen molar-refractivity contribution in [3.8, 4) is 17.2 Å². The predicted molar refractivity (Wildman–Crippen MR) is 90.0 cm³/mol. The Bertz CT molecular complexity index is 675. The third kappa shape index (κ3) is 4.17. The molecule has 1 heterocycles. The molecule has 24 heavy (non-hydrogen) atoms. The van der Waals surface area contributed by atoms with Crippen LogP contribution < -0.4 is 10.1 Å². The van der Waals surface area contributed by atoms with Gasteiger partial charge in [-0.25, -0.2) is 4.39 Å². The number of benzene rings is 2. The minimum Gasteiger partial charge on any atom is -0.504 e. The highest BCUT2D eigenvalue weighted by molar-refractivity contribution is 5.43. The number of hydrogen-bond acceptors (Lipinski definition) is 4. The number of nitrogens with one attached hydrogen (secondary N) is 1. The van der Waals surface area contributed by atoms with Gasteiger partial charge in [-0.3, -0.25) is 0 Å². The second kappa shape index (κ2) is 7.53. The van der Waals surface area contributed by atoms with E-state index in [0.717, 1.165) is 31.5 Å². The van der Waals surface area contributed by atoms with E-state index in [1.54, 1.807) is 6.07 Å². The zero-order valence-corrected chi connectivity index (χ0v) is 13.4. The third-order valence-electron chi connectivity index (χ3n) is 4.49. The molecule has 0 bridgehead atoms. The number of rotatable bonds is 4. The summed E-state index contributed by atoms with van der Waals surface area (Å²) in [5.41, 5.74) is 1.16. The second-order valence-electron chi connectivity index (χ2n) is 6.30. The number of ether oxygens (including phenoxy) is 1. The maximum atomic E-state index is 13.1. The van der Waals surface area contributed by atoms with E-state index in [0.29, 0.717) is 24.2 Å². The Morgan fingerprint density at radius 1 is 1.08 bits per heavy atom. The van der Waals surface area contributed by atoms with Gasteiger partial charge in [0.25, 0.3) is 0 Å². The topological polar surface area (TPSA) is 61.7 Å². The first-order chi connectivity index (χ1) is 11.6. The first kappa shape index (κ1) is 16.6. The molecule has 0 saturated carbocycles. The Morgan fingerprint density at radius 3 is 2.62 bits per heavy atom. The Morgan fingerprint density at radius 2 is 1.88 bits per heavy atom. The molecule has 3 N–H and O–H groups in total.